The van der Waals surface area contributed by atoms with Crippen LogP contribution in [0.15, 0.2) is 72.8 Å². The fourth-order valence-electron chi connectivity index (χ4n) is 3.49. The number of aliphatic imine (C=N–C) groups is 1. The number of ketones is 1. The van der Waals surface area contributed by atoms with Crippen molar-refractivity contribution in [2.75, 3.05) is 14.2 Å². The number of nitrogens with one attached hydrogen (secondary N) is 2. The van der Waals surface area contributed by atoms with E-state index in [9.17, 15) is 14.4 Å². The number of ether oxygens (including phenoxy) is 2. The molecule has 0 bridgehead atoms. The van der Waals surface area contributed by atoms with Crippen LogP contribution in [-0.4, -0.2) is 37.8 Å². The Labute approximate surface area is 219 Å². The average Bonchev–Trinajstić information content (AvgIpc) is 3.22. The van der Waals surface area contributed by atoms with E-state index >= 15 is 0 Å². The van der Waals surface area contributed by atoms with Gasteiger partial charge in [0.15, 0.2) is 11.7 Å². The standard InChI is InChI=1S/C14H17N3O3.C11H14O2.C4H6/c1-4-14(12(18)16-13(19)17-14)10-5-7-11(8-6-10)20-9(2)15-3;1-4-9-5-6-10(13-3)7-11(9)8(2)12;1-3-4-2/h5-8H,4H2,1-3H3,(H2,16,17,18,19);5-7H,4H2,1-3H3;3-4H,1-2H2. The molecular formula is C29H37N3O5. The van der Waals surface area contributed by atoms with E-state index < -0.39 is 11.6 Å². The van der Waals surface area contributed by atoms with Crippen LogP contribution in [-0.2, 0) is 16.8 Å². The lowest BCUT2D eigenvalue weighted by molar-refractivity contribution is -0.124. The molecule has 1 heterocycles. The molecule has 0 radical (unpaired) electrons. The summed E-state index contributed by atoms with van der Waals surface area (Å²) in [5, 5.41) is 4.96. The Morgan fingerprint density at radius 3 is 2.03 bits per heavy atom. The highest BCUT2D eigenvalue weighted by atomic mass is 16.5. The van der Waals surface area contributed by atoms with Gasteiger partial charge in [-0.1, -0.05) is 57.4 Å². The number of hydrogen-bond acceptors (Lipinski definition) is 6. The van der Waals surface area contributed by atoms with Crippen LogP contribution in [0.3, 0.4) is 0 Å². The number of urea groups is 1. The fourth-order valence-corrected chi connectivity index (χ4v) is 3.49. The summed E-state index contributed by atoms with van der Waals surface area (Å²) in [7, 11) is 3.25. The van der Waals surface area contributed by atoms with E-state index in [0.29, 0.717) is 18.1 Å². The summed E-state index contributed by atoms with van der Waals surface area (Å²) in [6.45, 7) is 13.9. The number of methoxy groups -OCH3 is 1. The number of amides is 3. The number of carbonyl (C=O) groups excluding carboxylic acids is 3. The molecule has 1 saturated heterocycles. The molecule has 8 heteroatoms. The van der Waals surface area contributed by atoms with Crippen LogP contribution in [0.1, 0.15) is 55.6 Å². The average molecular weight is 508 g/mol. The van der Waals surface area contributed by atoms with Crippen molar-refractivity contribution in [1.82, 2.24) is 10.6 Å². The molecule has 198 valence electrons. The van der Waals surface area contributed by atoms with Crippen molar-refractivity contribution in [3.63, 3.8) is 0 Å². The molecule has 0 aliphatic carbocycles. The molecule has 37 heavy (non-hydrogen) atoms. The molecule has 1 aliphatic heterocycles. The number of allylic oxidation sites excluding steroid dienone is 2. The zero-order chi connectivity index (χ0) is 28.0. The van der Waals surface area contributed by atoms with Crippen LogP contribution in [0.2, 0.25) is 0 Å². The zero-order valence-corrected chi connectivity index (χ0v) is 22.5. The molecule has 1 unspecified atom stereocenters. The van der Waals surface area contributed by atoms with Gasteiger partial charge in [0.1, 0.15) is 17.0 Å². The van der Waals surface area contributed by atoms with Crippen LogP contribution in [0.4, 0.5) is 4.79 Å². The summed E-state index contributed by atoms with van der Waals surface area (Å²) < 4.78 is 10.5. The van der Waals surface area contributed by atoms with E-state index in [-0.39, 0.29) is 11.7 Å². The van der Waals surface area contributed by atoms with E-state index in [2.05, 4.69) is 28.8 Å². The molecular weight excluding hydrogens is 470 g/mol. The van der Waals surface area contributed by atoms with Crippen molar-refractivity contribution in [2.45, 2.75) is 46.1 Å². The minimum Gasteiger partial charge on any atom is -0.497 e. The van der Waals surface area contributed by atoms with E-state index in [4.69, 9.17) is 9.47 Å². The molecule has 3 amide bonds. The molecule has 2 N–H and O–H groups in total. The van der Waals surface area contributed by atoms with Gasteiger partial charge in [-0.05, 0) is 55.2 Å². The molecule has 3 rings (SSSR count). The van der Waals surface area contributed by atoms with Gasteiger partial charge in [-0.15, -0.1) is 0 Å². The Hall–Kier alpha value is -4.20. The molecule has 0 aromatic heterocycles. The van der Waals surface area contributed by atoms with Crippen molar-refractivity contribution in [2.24, 2.45) is 4.99 Å². The Balaban J connectivity index is 0.000000346. The highest BCUT2D eigenvalue weighted by Crippen LogP contribution is 2.29. The summed E-state index contributed by atoms with van der Waals surface area (Å²) in [5.74, 6) is 1.69. The molecule has 1 fully saturated rings. The predicted octanol–water partition coefficient (Wildman–Crippen LogP) is 5.38. The monoisotopic (exact) mass is 507 g/mol. The third kappa shape index (κ3) is 8.45. The highest BCUT2D eigenvalue weighted by molar-refractivity contribution is 6.07. The van der Waals surface area contributed by atoms with Gasteiger partial charge in [-0.2, -0.15) is 0 Å². The molecule has 2 aromatic carbocycles. The third-order valence-corrected chi connectivity index (χ3v) is 5.64. The van der Waals surface area contributed by atoms with E-state index in [1.54, 1.807) is 70.5 Å². The van der Waals surface area contributed by atoms with Crippen molar-refractivity contribution >= 4 is 23.6 Å². The molecule has 2 aromatic rings. The van der Waals surface area contributed by atoms with Crippen molar-refractivity contribution in [3.05, 3.63) is 84.5 Å². The first-order valence-corrected chi connectivity index (χ1v) is 11.9. The maximum Gasteiger partial charge on any atom is 0.322 e. The fraction of sp³-hybridized carbons (Fsp3) is 0.310. The lowest BCUT2D eigenvalue weighted by atomic mass is 9.87. The largest absolute Gasteiger partial charge is 0.497 e. The van der Waals surface area contributed by atoms with Gasteiger partial charge in [-0.25, -0.2) is 4.79 Å². The number of benzene rings is 2. The molecule has 8 nitrogen and oxygen atoms in total. The topological polar surface area (TPSA) is 106 Å². The maximum atomic E-state index is 12.0. The van der Waals surface area contributed by atoms with E-state index in [1.165, 1.54) is 0 Å². The Morgan fingerprint density at radius 1 is 1.03 bits per heavy atom. The Morgan fingerprint density at radius 2 is 1.62 bits per heavy atom. The summed E-state index contributed by atoms with van der Waals surface area (Å²) in [6.07, 6.45) is 4.62. The number of aryl methyl sites for hydroxylation is 1. The Bertz CT molecular complexity index is 1130. The van der Waals surface area contributed by atoms with Crippen LogP contribution < -0.4 is 20.1 Å². The second-order valence-electron chi connectivity index (χ2n) is 7.94. The quantitative estimate of drug-likeness (QED) is 0.172. The minimum absolute atomic E-state index is 0.0933. The van der Waals surface area contributed by atoms with Gasteiger partial charge in [0.05, 0.1) is 7.11 Å². The first-order chi connectivity index (χ1) is 17.6. The van der Waals surface area contributed by atoms with Gasteiger partial charge >= 0.3 is 6.03 Å². The summed E-state index contributed by atoms with van der Waals surface area (Å²) >= 11 is 0. The van der Waals surface area contributed by atoms with Gasteiger partial charge in [0, 0.05) is 19.5 Å². The number of nitrogens with zero attached hydrogens (tertiary/aromatic N) is 1. The molecule has 0 saturated carbocycles. The summed E-state index contributed by atoms with van der Waals surface area (Å²) in [5.41, 5.74) is 1.57. The second kappa shape index (κ2) is 15.0. The first-order valence-electron chi connectivity index (χ1n) is 11.9. The molecule has 0 spiro atoms. The summed E-state index contributed by atoms with van der Waals surface area (Å²) in [4.78, 5) is 38.5. The number of Topliss-reactive ketones (excluding diaryl/α,β-unsaturated/α-hetero) is 1. The van der Waals surface area contributed by atoms with Crippen LogP contribution in [0.25, 0.3) is 0 Å². The lowest BCUT2D eigenvalue weighted by Gasteiger charge is -2.24. The van der Waals surface area contributed by atoms with Gasteiger partial charge in [0.25, 0.3) is 5.91 Å². The highest BCUT2D eigenvalue weighted by Gasteiger charge is 2.46. The zero-order valence-electron chi connectivity index (χ0n) is 22.5. The first kappa shape index (κ1) is 30.8. The predicted molar refractivity (Wildman–Crippen MR) is 148 cm³/mol. The normalized spacial score (nSPS) is 16.1. The smallest absolute Gasteiger partial charge is 0.322 e. The van der Waals surface area contributed by atoms with Gasteiger partial charge in [0.2, 0.25) is 0 Å². The van der Waals surface area contributed by atoms with Gasteiger partial charge < -0.3 is 14.8 Å². The molecule has 1 atom stereocenters. The Kier molecular flexibility index (Phi) is 12.5. The number of imide groups is 1. The number of rotatable bonds is 7. The second-order valence-corrected chi connectivity index (χ2v) is 7.94. The van der Waals surface area contributed by atoms with Crippen LogP contribution in [0.5, 0.6) is 11.5 Å². The third-order valence-electron chi connectivity index (χ3n) is 5.64. The summed E-state index contributed by atoms with van der Waals surface area (Å²) in [6, 6.07) is 12.2. The van der Waals surface area contributed by atoms with Crippen molar-refractivity contribution in [3.8, 4) is 11.5 Å². The minimum atomic E-state index is -0.997. The number of hydrogen-bond donors (Lipinski definition) is 2. The van der Waals surface area contributed by atoms with Crippen LogP contribution >= 0.6 is 0 Å². The SMILES string of the molecule is C=CC=C.CCC1(c2ccc(OC(C)=NC)cc2)NC(=O)NC1=O.CCc1ccc(OC)cc1C(C)=O. The van der Waals surface area contributed by atoms with E-state index in [0.717, 1.165) is 28.9 Å². The van der Waals surface area contributed by atoms with Gasteiger partial charge in [-0.3, -0.25) is 19.9 Å². The van der Waals surface area contributed by atoms with E-state index in [1.807, 2.05) is 26.0 Å². The lowest BCUT2D eigenvalue weighted by Crippen LogP contribution is -2.43. The maximum absolute atomic E-state index is 12.0. The van der Waals surface area contributed by atoms with Crippen LogP contribution in [0, 0.1) is 0 Å². The number of carbonyl (C=O) groups is 3. The van der Waals surface area contributed by atoms with Crippen molar-refractivity contribution < 1.29 is 23.9 Å². The molecule has 1 aliphatic rings. The van der Waals surface area contributed by atoms with Crippen molar-refractivity contribution in [1.29, 1.82) is 0 Å².